The highest BCUT2D eigenvalue weighted by Crippen LogP contribution is 2.21. The van der Waals surface area contributed by atoms with Crippen LogP contribution in [0.15, 0.2) is 18.2 Å². The molecule has 2 rings (SSSR count). The summed E-state index contributed by atoms with van der Waals surface area (Å²) < 4.78 is 26.2. The molecule has 0 bridgehead atoms. The molecule has 0 spiro atoms. The quantitative estimate of drug-likeness (QED) is 0.831. The van der Waals surface area contributed by atoms with Gasteiger partial charge in [-0.3, -0.25) is 9.59 Å². The number of nitrogens with one attached hydrogen (secondary N) is 1. The van der Waals surface area contributed by atoms with Crippen LogP contribution in [-0.4, -0.2) is 40.4 Å². The molecule has 5 nitrogen and oxygen atoms in total. The highest BCUT2D eigenvalue weighted by molar-refractivity contribution is 5.88. The molecule has 1 fully saturated rings. The predicted molar refractivity (Wildman–Crippen MR) is 83.9 cm³/mol. The molecule has 0 radical (unpaired) electrons. The summed E-state index contributed by atoms with van der Waals surface area (Å²) in [5.74, 6) is -2.46. The summed E-state index contributed by atoms with van der Waals surface area (Å²) in [6.45, 7) is 3.93. The van der Waals surface area contributed by atoms with Gasteiger partial charge in [-0.25, -0.2) is 8.78 Å². The van der Waals surface area contributed by atoms with Crippen molar-refractivity contribution < 1.29 is 23.5 Å². The lowest BCUT2D eigenvalue weighted by molar-refractivity contribution is -0.138. The minimum absolute atomic E-state index is 0.0502. The molecule has 1 aliphatic heterocycles. The SMILES string of the molecule is CCC(C(=O)NC(C)C(O)c1ccc(F)c(F)c1)N1CCCC1=O. The van der Waals surface area contributed by atoms with E-state index in [-0.39, 0.29) is 17.4 Å². The first-order chi connectivity index (χ1) is 11.3. The lowest BCUT2D eigenvalue weighted by atomic mass is 10.0. The second-order valence-corrected chi connectivity index (χ2v) is 6.03. The molecule has 0 aliphatic carbocycles. The lowest BCUT2D eigenvalue weighted by Gasteiger charge is -2.28. The Morgan fingerprint density at radius 3 is 2.62 bits per heavy atom. The van der Waals surface area contributed by atoms with Crippen LogP contribution >= 0.6 is 0 Å². The number of hydrogen-bond donors (Lipinski definition) is 2. The van der Waals surface area contributed by atoms with Gasteiger partial charge in [0.25, 0.3) is 0 Å². The van der Waals surface area contributed by atoms with E-state index in [2.05, 4.69) is 5.32 Å². The van der Waals surface area contributed by atoms with Crippen LogP contribution in [0.5, 0.6) is 0 Å². The minimum atomic E-state index is -1.18. The van der Waals surface area contributed by atoms with E-state index in [4.69, 9.17) is 0 Å². The van der Waals surface area contributed by atoms with Gasteiger partial charge in [0, 0.05) is 13.0 Å². The molecule has 1 heterocycles. The second-order valence-electron chi connectivity index (χ2n) is 6.03. The molecule has 1 saturated heterocycles. The summed E-state index contributed by atoms with van der Waals surface area (Å²) in [6, 6.07) is 1.81. The van der Waals surface area contributed by atoms with Gasteiger partial charge in [0.05, 0.1) is 12.1 Å². The molecule has 7 heteroatoms. The number of aliphatic hydroxyl groups is 1. The fourth-order valence-corrected chi connectivity index (χ4v) is 2.93. The summed E-state index contributed by atoms with van der Waals surface area (Å²) in [7, 11) is 0. The van der Waals surface area contributed by atoms with Gasteiger partial charge in [-0.05, 0) is 37.5 Å². The van der Waals surface area contributed by atoms with Crippen LogP contribution in [0.3, 0.4) is 0 Å². The summed E-state index contributed by atoms with van der Waals surface area (Å²) >= 11 is 0. The van der Waals surface area contributed by atoms with Crippen LogP contribution in [-0.2, 0) is 9.59 Å². The van der Waals surface area contributed by atoms with Gasteiger partial charge < -0.3 is 15.3 Å². The average Bonchev–Trinajstić information content (AvgIpc) is 2.96. The van der Waals surface area contributed by atoms with Gasteiger partial charge in [-0.1, -0.05) is 13.0 Å². The topological polar surface area (TPSA) is 69.6 Å². The van der Waals surface area contributed by atoms with Crippen molar-refractivity contribution in [1.82, 2.24) is 10.2 Å². The van der Waals surface area contributed by atoms with Crippen LogP contribution < -0.4 is 5.32 Å². The molecular formula is C17H22F2N2O3. The smallest absolute Gasteiger partial charge is 0.243 e. The summed E-state index contributed by atoms with van der Waals surface area (Å²) in [5, 5.41) is 12.9. The van der Waals surface area contributed by atoms with E-state index in [1.54, 1.807) is 11.8 Å². The molecule has 3 atom stereocenters. The standard InChI is InChI=1S/C17H22F2N2O3/c1-3-14(21-8-4-5-15(21)22)17(24)20-10(2)16(23)11-6-7-12(18)13(19)9-11/h6-7,9-10,14,16,23H,3-5,8H2,1-2H3,(H,20,24). The zero-order chi connectivity index (χ0) is 17.9. The molecule has 3 unspecified atom stereocenters. The van der Waals surface area contributed by atoms with Crippen LogP contribution in [0.1, 0.15) is 44.8 Å². The third-order valence-electron chi connectivity index (χ3n) is 4.30. The van der Waals surface area contributed by atoms with Crippen molar-refractivity contribution >= 4 is 11.8 Å². The van der Waals surface area contributed by atoms with E-state index >= 15 is 0 Å². The highest BCUT2D eigenvalue weighted by Gasteiger charge is 2.32. The van der Waals surface area contributed by atoms with Crippen molar-refractivity contribution in [2.45, 2.75) is 51.3 Å². The first-order valence-electron chi connectivity index (χ1n) is 8.08. The normalized spacial score (nSPS) is 18.4. The largest absolute Gasteiger partial charge is 0.386 e. The maximum atomic E-state index is 13.3. The third-order valence-corrected chi connectivity index (χ3v) is 4.30. The monoisotopic (exact) mass is 340 g/mol. The maximum absolute atomic E-state index is 13.3. The zero-order valence-electron chi connectivity index (χ0n) is 13.8. The Labute approximate surface area is 139 Å². The van der Waals surface area contributed by atoms with E-state index in [0.717, 1.165) is 18.6 Å². The number of rotatable bonds is 6. The molecule has 0 aromatic heterocycles. The van der Waals surface area contributed by atoms with Crippen molar-refractivity contribution in [1.29, 1.82) is 0 Å². The third kappa shape index (κ3) is 3.90. The van der Waals surface area contributed by atoms with E-state index in [9.17, 15) is 23.5 Å². The van der Waals surface area contributed by atoms with Gasteiger partial charge in [0.15, 0.2) is 11.6 Å². The van der Waals surface area contributed by atoms with E-state index in [0.29, 0.717) is 19.4 Å². The highest BCUT2D eigenvalue weighted by atomic mass is 19.2. The van der Waals surface area contributed by atoms with Crippen molar-refractivity contribution in [3.05, 3.63) is 35.4 Å². The van der Waals surface area contributed by atoms with E-state index in [1.165, 1.54) is 6.07 Å². The second kappa shape index (κ2) is 7.70. The molecule has 132 valence electrons. The number of nitrogens with zero attached hydrogens (tertiary/aromatic N) is 1. The Hall–Kier alpha value is -2.02. The first-order valence-corrected chi connectivity index (χ1v) is 8.08. The van der Waals surface area contributed by atoms with Gasteiger partial charge in [-0.15, -0.1) is 0 Å². The fraction of sp³-hybridized carbons (Fsp3) is 0.529. The summed E-state index contributed by atoms with van der Waals surface area (Å²) in [6.07, 6.45) is 0.453. The predicted octanol–water partition coefficient (Wildman–Crippen LogP) is 1.90. The van der Waals surface area contributed by atoms with Crippen molar-refractivity contribution in [3.8, 4) is 0 Å². The number of halogens is 2. The number of carbonyl (C=O) groups excluding carboxylic acids is 2. The van der Waals surface area contributed by atoms with Gasteiger partial charge in [0.2, 0.25) is 11.8 Å². The van der Waals surface area contributed by atoms with E-state index in [1.807, 2.05) is 6.92 Å². The van der Waals surface area contributed by atoms with Crippen LogP contribution in [0.25, 0.3) is 0 Å². The van der Waals surface area contributed by atoms with Gasteiger partial charge >= 0.3 is 0 Å². The Morgan fingerprint density at radius 1 is 1.38 bits per heavy atom. The van der Waals surface area contributed by atoms with Crippen LogP contribution in [0, 0.1) is 11.6 Å². The number of hydrogen-bond acceptors (Lipinski definition) is 3. The van der Waals surface area contributed by atoms with E-state index < -0.39 is 29.8 Å². The van der Waals surface area contributed by atoms with Crippen molar-refractivity contribution in [2.24, 2.45) is 0 Å². The fourth-order valence-electron chi connectivity index (χ4n) is 2.93. The Bertz CT molecular complexity index is 624. The summed E-state index contributed by atoms with van der Waals surface area (Å²) in [5.41, 5.74) is 0.173. The number of carbonyl (C=O) groups is 2. The van der Waals surface area contributed by atoms with Gasteiger partial charge in [0.1, 0.15) is 6.04 Å². The average molecular weight is 340 g/mol. The maximum Gasteiger partial charge on any atom is 0.243 e. The lowest BCUT2D eigenvalue weighted by Crippen LogP contribution is -2.50. The minimum Gasteiger partial charge on any atom is -0.386 e. The first kappa shape index (κ1) is 18.3. The Morgan fingerprint density at radius 2 is 2.08 bits per heavy atom. The molecule has 1 aromatic rings. The molecule has 1 aliphatic rings. The molecule has 0 saturated carbocycles. The number of benzene rings is 1. The van der Waals surface area contributed by atoms with Gasteiger partial charge in [-0.2, -0.15) is 0 Å². The van der Waals surface area contributed by atoms with Crippen LogP contribution in [0.2, 0.25) is 0 Å². The molecule has 1 aromatic carbocycles. The Kier molecular flexibility index (Phi) is 5.88. The van der Waals surface area contributed by atoms with Crippen molar-refractivity contribution in [3.63, 3.8) is 0 Å². The summed E-state index contributed by atoms with van der Waals surface area (Å²) in [4.78, 5) is 25.8. The molecule has 2 amide bonds. The molecular weight excluding hydrogens is 318 g/mol. The molecule has 2 N–H and O–H groups in total. The number of amides is 2. The zero-order valence-corrected chi connectivity index (χ0v) is 13.8. The van der Waals surface area contributed by atoms with Crippen LogP contribution in [0.4, 0.5) is 8.78 Å². The number of likely N-dealkylation sites (tertiary alicyclic amines) is 1. The van der Waals surface area contributed by atoms with Crippen molar-refractivity contribution in [2.75, 3.05) is 6.54 Å². The number of aliphatic hydroxyl groups excluding tert-OH is 1. The Balaban J connectivity index is 2.03. The molecule has 24 heavy (non-hydrogen) atoms.